The fourth-order valence-electron chi connectivity index (χ4n) is 4.09. The highest BCUT2D eigenvalue weighted by molar-refractivity contribution is 5.97. The van der Waals surface area contributed by atoms with E-state index in [-0.39, 0.29) is 11.3 Å². The number of hydrogen-bond donors (Lipinski definition) is 1. The molecule has 0 aromatic heterocycles. The maximum Gasteiger partial charge on any atom is 0.329 e. The number of halogens is 1. The SMILES string of the molecule is COC(=O)[C@@]1(C#N)[C@@H]2C=CC(C(C)=O)=CN2[C@@H](C(N)=O)[C@@H]1c1cccc(F)c1. The Kier molecular flexibility index (Phi) is 4.77. The minimum Gasteiger partial charge on any atom is -0.468 e. The van der Waals surface area contributed by atoms with Crippen LogP contribution >= 0.6 is 0 Å². The third-order valence-corrected chi connectivity index (χ3v) is 5.28. The van der Waals surface area contributed by atoms with Crippen molar-refractivity contribution in [3.63, 3.8) is 0 Å². The van der Waals surface area contributed by atoms with Crippen LogP contribution < -0.4 is 5.73 Å². The monoisotopic (exact) mass is 383 g/mol. The molecule has 2 aliphatic heterocycles. The summed E-state index contributed by atoms with van der Waals surface area (Å²) in [5.41, 5.74) is 4.32. The first-order chi connectivity index (χ1) is 13.3. The summed E-state index contributed by atoms with van der Waals surface area (Å²) in [4.78, 5) is 38.5. The van der Waals surface area contributed by atoms with Gasteiger partial charge >= 0.3 is 5.97 Å². The van der Waals surface area contributed by atoms with E-state index in [4.69, 9.17) is 10.5 Å². The van der Waals surface area contributed by atoms with Crippen molar-refractivity contribution in [3.8, 4) is 6.07 Å². The minimum atomic E-state index is -1.86. The molecular weight excluding hydrogens is 365 g/mol. The Hall–Kier alpha value is -3.47. The van der Waals surface area contributed by atoms with Crippen LogP contribution in [0.2, 0.25) is 0 Å². The molecule has 28 heavy (non-hydrogen) atoms. The van der Waals surface area contributed by atoms with Crippen molar-refractivity contribution in [3.05, 3.63) is 59.6 Å². The summed E-state index contributed by atoms with van der Waals surface area (Å²) in [7, 11) is 1.13. The van der Waals surface area contributed by atoms with E-state index in [1.54, 1.807) is 0 Å². The number of esters is 1. The highest BCUT2D eigenvalue weighted by Crippen LogP contribution is 2.53. The number of carbonyl (C=O) groups is 3. The first-order valence-corrected chi connectivity index (χ1v) is 8.50. The van der Waals surface area contributed by atoms with Gasteiger partial charge in [-0.3, -0.25) is 14.4 Å². The zero-order valence-corrected chi connectivity index (χ0v) is 15.3. The third-order valence-electron chi connectivity index (χ3n) is 5.28. The van der Waals surface area contributed by atoms with Crippen molar-refractivity contribution in [2.45, 2.75) is 24.9 Å². The van der Waals surface area contributed by atoms with Crippen molar-refractivity contribution in [2.75, 3.05) is 7.11 Å². The van der Waals surface area contributed by atoms with Crippen LogP contribution in [-0.2, 0) is 19.1 Å². The van der Waals surface area contributed by atoms with Gasteiger partial charge in [0.15, 0.2) is 11.2 Å². The number of fused-ring (bicyclic) bond motifs is 1. The van der Waals surface area contributed by atoms with Gasteiger partial charge in [-0.1, -0.05) is 24.3 Å². The smallest absolute Gasteiger partial charge is 0.329 e. The Morgan fingerprint density at radius 1 is 1.36 bits per heavy atom. The molecule has 3 rings (SSSR count). The lowest BCUT2D eigenvalue weighted by atomic mass is 9.68. The summed E-state index contributed by atoms with van der Waals surface area (Å²) in [6.07, 6.45) is 4.41. The number of nitrogens with zero attached hydrogens (tertiary/aromatic N) is 2. The van der Waals surface area contributed by atoms with Crippen molar-refractivity contribution in [1.82, 2.24) is 4.90 Å². The fraction of sp³-hybridized carbons (Fsp3) is 0.300. The second-order valence-corrected chi connectivity index (χ2v) is 6.74. The van der Waals surface area contributed by atoms with Crippen molar-refractivity contribution in [1.29, 1.82) is 5.26 Å². The molecule has 0 spiro atoms. The van der Waals surface area contributed by atoms with Crippen LogP contribution in [0.5, 0.6) is 0 Å². The lowest BCUT2D eigenvalue weighted by molar-refractivity contribution is -0.150. The molecule has 2 heterocycles. The summed E-state index contributed by atoms with van der Waals surface area (Å²) in [6.45, 7) is 1.35. The maximum atomic E-state index is 13.9. The van der Waals surface area contributed by atoms with Crippen LogP contribution in [0.4, 0.5) is 4.39 Å². The van der Waals surface area contributed by atoms with Gasteiger partial charge in [-0.05, 0) is 24.6 Å². The number of Topliss-reactive ketones (excluding diaryl/α,β-unsaturated/α-hetero) is 1. The third kappa shape index (κ3) is 2.67. The molecule has 1 saturated heterocycles. The second kappa shape index (κ2) is 6.93. The first kappa shape index (κ1) is 19.3. The fourth-order valence-corrected chi connectivity index (χ4v) is 4.09. The van der Waals surface area contributed by atoms with Crippen LogP contribution in [-0.4, -0.2) is 41.8 Å². The topological polar surface area (TPSA) is 113 Å². The first-order valence-electron chi connectivity index (χ1n) is 8.50. The molecule has 1 aromatic carbocycles. The van der Waals surface area contributed by atoms with E-state index in [9.17, 15) is 24.0 Å². The molecule has 1 aromatic rings. The largest absolute Gasteiger partial charge is 0.468 e. The van der Waals surface area contributed by atoms with Gasteiger partial charge in [0, 0.05) is 17.7 Å². The van der Waals surface area contributed by atoms with Crippen LogP contribution in [0, 0.1) is 22.6 Å². The predicted molar refractivity (Wildman–Crippen MR) is 95.7 cm³/mol. The average Bonchev–Trinajstić information content (AvgIpc) is 2.98. The molecule has 2 N–H and O–H groups in total. The van der Waals surface area contributed by atoms with Crippen LogP contribution in [0.25, 0.3) is 0 Å². The number of nitriles is 1. The lowest BCUT2D eigenvalue weighted by Crippen LogP contribution is -2.45. The molecule has 144 valence electrons. The molecule has 1 amide bonds. The van der Waals surface area contributed by atoms with E-state index in [2.05, 4.69) is 0 Å². The van der Waals surface area contributed by atoms with E-state index in [0.717, 1.165) is 13.2 Å². The molecule has 0 saturated carbocycles. The number of hydrogen-bond acceptors (Lipinski definition) is 6. The predicted octanol–water partition coefficient (Wildman–Crippen LogP) is 1.17. The van der Waals surface area contributed by atoms with Crippen LogP contribution in [0.1, 0.15) is 18.4 Å². The summed E-state index contributed by atoms with van der Waals surface area (Å²) in [5, 5.41) is 10.1. The van der Waals surface area contributed by atoms with Gasteiger partial charge in [-0.2, -0.15) is 5.26 Å². The zero-order valence-electron chi connectivity index (χ0n) is 15.3. The molecule has 0 radical (unpaired) electrons. The lowest BCUT2D eigenvalue weighted by Gasteiger charge is -2.32. The summed E-state index contributed by atoms with van der Waals surface area (Å²) in [5.74, 6) is -3.62. The highest BCUT2D eigenvalue weighted by Gasteiger charge is 2.66. The summed E-state index contributed by atoms with van der Waals surface area (Å²) in [6, 6.07) is 5.25. The number of allylic oxidation sites excluding steroid dienone is 2. The second-order valence-electron chi connectivity index (χ2n) is 6.74. The average molecular weight is 383 g/mol. The standard InChI is InChI=1S/C20H18FN3O4/c1-11(25)13-6-7-15-20(10-22,19(27)28-2)16(12-4-3-5-14(21)8-12)17(18(23)26)24(15)9-13/h3-9,15-17H,1-2H3,(H2,23,26)/t15-,16-,17+,20-/m0/s1. The van der Waals surface area contributed by atoms with Gasteiger partial charge in [0.1, 0.15) is 11.9 Å². The number of carbonyl (C=O) groups excluding carboxylic acids is 3. The molecule has 8 heteroatoms. The Balaban J connectivity index is 2.31. The number of ether oxygens (including phenoxy) is 1. The van der Waals surface area contributed by atoms with E-state index in [1.165, 1.54) is 48.4 Å². The molecule has 0 aliphatic carbocycles. The van der Waals surface area contributed by atoms with Crippen molar-refractivity contribution < 1.29 is 23.5 Å². The summed E-state index contributed by atoms with van der Waals surface area (Å²) < 4.78 is 18.8. The summed E-state index contributed by atoms with van der Waals surface area (Å²) >= 11 is 0. The van der Waals surface area contributed by atoms with Crippen molar-refractivity contribution in [2.24, 2.45) is 11.1 Å². The van der Waals surface area contributed by atoms with Gasteiger partial charge in [0.05, 0.1) is 19.2 Å². The molecule has 4 atom stereocenters. The van der Waals surface area contributed by atoms with E-state index in [0.29, 0.717) is 5.57 Å². The number of amides is 1. The normalized spacial score (nSPS) is 28.1. The Morgan fingerprint density at radius 2 is 2.07 bits per heavy atom. The van der Waals surface area contributed by atoms with E-state index < -0.39 is 41.1 Å². The number of methoxy groups -OCH3 is 1. The Bertz CT molecular complexity index is 964. The van der Waals surface area contributed by atoms with Crippen molar-refractivity contribution >= 4 is 17.7 Å². The minimum absolute atomic E-state index is 0.257. The maximum absolute atomic E-state index is 13.9. The number of ketones is 1. The van der Waals surface area contributed by atoms with Gasteiger partial charge in [-0.25, -0.2) is 4.39 Å². The Morgan fingerprint density at radius 3 is 2.61 bits per heavy atom. The van der Waals surface area contributed by atoms with Gasteiger partial charge in [0.2, 0.25) is 5.91 Å². The van der Waals surface area contributed by atoms with Crippen LogP contribution in [0.15, 0.2) is 48.2 Å². The van der Waals surface area contributed by atoms with Gasteiger partial charge in [-0.15, -0.1) is 0 Å². The number of rotatable bonds is 4. The molecular formula is C20H18FN3O4. The Labute approximate surface area is 160 Å². The molecule has 1 fully saturated rings. The quantitative estimate of drug-likeness (QED) is 0.781. The zero-order chi connectivity index (χ0) is 20.6. The van der Waals surface area contributed by atoms with Crippen LogP contribution in [0.3, 0.4) is 0 Å². The molecule has 2 aliphatic rings. The molecule has 0 bridgehead atoms. The number of nitrogens with two attached hydrogens (primary N) is 1. The van der Waals surface area contributed by atoms with Gasteiger partial charge < -0.3 is 15.4 Å². The highest BCUT2D eigenvalue weighted by atomic mass is 19.1. The molecule has 7 nitrogen and oxygen atoms in total. The molecule has 0 unspecified atom stereocenters. The number of primary amides is 1. The van der Waals surface area contributed by atoms with Gasteiger partial charge in [0.25, 0.3) is 0 Å². The van der Waals surface area contributed by atoms with E-state index in [1.807, 2.05) is 6.07 Å². The van der Waals surface area contributed by atoms with E-state index >= 15 is 0 Å². The number of benzene rings is 1.